The number of ether oxygens (including phenoxy) is 2. The molecule has 1 aromatic carbocycles. The number of primary amides is 1. The van der Waals surface area contributed by atoms with Crippen LogP contribution in [0.3, 0.4) is 0 Å². The van der Waals surface area contributed by atoms with Crippen LogP contribution >= 0.6 is 11.6 Å². The molecule has 0 saturated heterocycles. The van der Waals surface area contributed by atoms with Gasteiger partial charge in [0.25, 0.3) is 5.91 Å². The summed E-state index contributed by atoms with van der Waals surface area (Å²) in [7, 11) is 0. The normalized spacial score (nSPS) is 13.5. The van der Waals surface area contributed by atoms with Crippen LogP contribution in [-0.2, 0) is 14.3 Å². The maximum Gasteiger partial charge on any atom is 0.347 e. The summed E-state index contributed by atoms with van der Waals surface area (Å²) in [6, 6.07) is 6.54. The highest BCUT2D eigenvalue weighted by Gasteiger charge is 2.21. The average molecular weight is 272 g/mol. The van der Waals surface area contributed by atoms with E-state index in [9.17, 15) is 9.59 Å². The van der Waals surface area contributed by atoms with Gasteiger partial charge in [-0.05, 0) is 38.1 Å². The van der Waals surface area contributed by atoms with Crippen molar-refractivity contribution < 1.29 is 19.1 Å². The molecule has 1 rings (SSSR count). The predicted octanol–water partition coefficient (Wildman–Crippen LogP) is 1.52. The number of esters is 1. The number of halogens is 1. The maximum absolute atomic E-state index is 11.5. The summed E-state index contributed by atoms with van der Waals surface area (Å²) < 4.78 is 10.1. The third-order valence-electron chi connectivity index (χ3n) is 2.15. The minimum Gasteiger partial charge on any atom is -0.479 e. The molecule has 0 aliphatic rings. The highest BCUT2D eigenvalue weighted by Crippen LogP contribution is 2.17. The Labute approximate surface area is 110 Å². The summed E-state index contributed by atoms with van der Waals surface area (Å²) in [6.07, 6.45) is -1.82. The first kappa shape index (κ1) is 14.3. The van der Waals surface area contributed by atoms with Crippen molar-refractivity contribution in [3.05, 3.63) is 29.3 Å². The lowest BCUT2D eigenvalue weighted by Crippen LogP contribution is -2.35. The topological polar surface area (TPSA) is 78.6 Å². The molecule has 0 aromatic heterocycles. The van der Waals surface area contributed by atoms with Gasteiger partial charge in [0.05, 0.1) is 0 Å². The van der Waals surface area contributed by atoms with E-state index in [1.807, 2.05) is 0 Å². The Balaban J connectivity index is 2.54. The van der Waals surface area contributed by atoms with E-state index in [2.05, 4.69) is 0 Å². The van der Waals surface area contributed by atoms with E-state index in [-0.39, 0.29) is 0 Å². The third kappa shape index (κ3) is 4.25. The molecule has 1 amide bonds. The lowest BCUT2D eigenvalue weighted by Gasteiger charge is -2.16. The van der Waals surface area contributed by atoms with Gasteiger partial charge < -0.3 is 15.2 Å². The monoisotopic (exact) mass is 271 g/mol. The van der Waals surface area contributed by atoms with Crippen molar-refractivity contribution in [1.29, 1.82) is 0 Å². The molecule has 0 spiro atoms. The molecule has 0 aliphatic carbocycles. The van der Waals surface area contributed by atoms with Crippen LogP contribution in [-0.4, -0.2) is 24.1 Å². The van der Waals surface area contributed by atoms with Crippen molar-refractivity contribution in [3.63, 3.8) is 0 Å². The van der Waals surface area contributed by atoms with Gasteiger partial charge in [-0.1, -0.05) is 11.6 Å². The first-order valence-corrected chi connectivity index (χ1v) is 5.70. The standard InChI is InChI=1S/C12H14ClNO4/c1-7(11(14)15)18-12(16)8(2)17-10-5-3-9(13)4-6-10/h3-8H,1-2H3,(H2,14,15)/t7-,8-/m1/s1. The lowest BCUT2D eigenvalue weighted by atomic mass is 10.3. The highest BCUT2D eigenvalue weighted by molar-refractivity contribution is 6.30. The number of hydrogen-bond donors (Lipinski definition) is 1. The zero-order chi connectivity index (χ0) is 13.7. The van der Waals surface area contributed by atoms with Crippen molar-refractivity contribution in [1.82, 2.24) is 0 Å². The molecule has 1 aromatic rings. The molecule has 6 heteroatoms. The second-order valence-electron chi connectivity index (χ2n) is 3.70. The Hall–Kier alpha value is -1.75. The Bertz CT molecular complexity index is 432. The number of benzene rings is 1. The van der Waals surface area contributed by atoms with E-state index in [4.69, 9.17) is 26.8 Å². The van der Waals surface area contributed by atoms with Crippen molar-refractivity contribution in [2.45, 2.75) is 26.1 Å². The number of rotatable bonds is 5. The summed E-state index contributed by atoms with van der Waals surface area (Å²) in [5.74, 6) is -0.881. The molecular weight excluding hydrogens is 258 g/mol. The second kappa shape index (κ2) is 6.26. The molecule has 2 N–H and O–H groups in total. The molecular formula is C12H14ClNO4. The van der Waals surface area contributed by atoms with Crippen molar-refractivity contribution >= 4 is 23.5 Å². The SMILES string of the molecule is C[C@@H](OC(=O)[C@@H](C)Oc1ccc(Cl)cc1)C(N)=O. The van der Waals surface area contributed by atoms with E-state index >= 15 is 0 Å². The summed E-state index contributed by atoms with van der Waals surface area (Å²) in [5.41, 5.74) is 4.98. The maximum atomic E-state index is 11.5. The van der Waals surface area contributed by atoms with Crippen LogP contribution in [0.5, 0.6) is 5.75 Å². The van der Waals surface area contributed by atoms with Gasteiger partial charge in [-0.3, -0.25) is 4.79 Å². The van der Waals surface area contributed by atoms with Crippen LogP contribution in [0.1, 0.15) is 13.8 Å². The number of nitrogens with two attached hydrogens (primary N) is 1. The molecule has 18 heavy (non-hydrogen) atoms. The van der Waals surface area contributed by atoms with E-state index in [1.54, 1.807) is 24.3 Å². The molecule has 0 bridgehead atoms. The summed E-state index contributed by atoms with van der Waals surface area (Å²) >= 11 is 5.72. The summed E-state index contributed by atoms with van der Waals surface area (Å²) in [4.78, 5) is 22.3. The molecule has 0 heterocycles. The number of hydrogen-bond acceptors (Lipinski definition) is 4. The van der Waals surface area contributed by atoms with E-state index < -0.39 is 24.1 Å². The Morgan fingerprint density at radius 3 is 2.22 bits per heavy atom. The first-order valence-electron chi connectivity index (χ1n) is 5.32. The van der Waals surface area contributed by atoms with Gasteiger partial charge in [0.15, 0.2) is 12.2 Å². The van der Waals surface area contributed by atoms with Gasteiger partial charge >= 0.3 is 5.97 Å². The van der Waals surface area contributed by atoms with Crippen LogP contribution < -0.4 is 10.5 Å². The minimum absolute atomic E-state index is 0.482. The van der Waals surface area contributed by atoms with Gasteiger partial charge in [-0.25, -0.2) is 4.79 Å². The van der Waals surface area contributed by atoms with Gasteiger partial charge in [0, 0.05) is 5.02 Å². The molecule has 98 valence electrons. The molecule has 0 fully saturated rings. The van der Waals surface area contributed by atoms with E-state index in [0.29, 0.717) is 10.8 Å². The smallest absolute Gasteiger partial charge is 0.347 e. The zero-order valence-corrected chi connectivity index (χ0v) is 10.8. The largest absolute Gasteiger partial charge is 0.479 e. The average Bonchev–Trinajstić information content (AvgIpc) is 2.31. The van der Waals surface area contributed by atoms with Crippen molar-refractivity contribution in [3.8, 4) is 5.75 Å². The lowest BCUT2D eigenvalue weighted by molar-refractivity contribution is -0.159. The third-order valence-corrected chi connectivity index (χ3v) is 2.40. The van der Waals surface area contributed by atoms with Gasteiger partial charge in [0.1, 0.15) is 5.75 Å². The van der Waals surface area contributed by atoms with Crippen LogP contribution in [0.4, 0.5) is 0 Å². The Kier molecular flexibility index (Phi) is 4.97. The van der Waals surface area contributed by atoms with Gasteiger partial charge in [-0.15, -0.1) is 0 Å². The fourth-order valence-electron chi connectivity index (χ4n) is 1.09. The minimum atomic E-state index is -0.978. The molecule has 2 atom stereocenters. The zero-order valence-electron chi connectivity index (χ0n) is 10.1. The van der Waals surface area contributed by atoms with Crippen molar-refractivity contribution in [2.75, 3.05) is 0 Å². The summed E-state index contributed by atoms with van der Waals surface area (Å²) in [6.45, 7) is 2.92. The fraction of sp³-hybridized carbons (Fsp3) is 0.333. The molecule has 0 saturated carbocycles. The van der Waals surface area contributed by atoms with Crippen LogP contribution in [0.2, 0.25) is 5.02 Å². The van der Waals surface area contributed by atoms with Crippen molar-refractivity contribution in [2.24, 2.45) is 5.73 Å². The Morgan fingerprint density at radius 2 is 1.72 bits per heavy atom. The first-order chi connectivity index (χ1) is 8.40. The number of amides is 1. The molecule has 0 aliphatic heterocycles. The van der Waals surface area contributed by atoms with E-state index in [1.165, 1.54) is 13.8 Å². The molecule has 5 nitrogen and oxygen atoms in total. The molecule has 0 radical (unpaired) electrons. The summed E-state index contributed by atoms with van der Waals surface area (Å²) in [5, 5.41) is 0.569. The molecule has 0 unspecified atom stereocenters. The number of carbonyl (C=O) groups is 2. The van der Waals surface area contributed by atoms with Crippen LogP contribution in [0.25, 0.3) is 0 Å². The fourth-order valence-corrected chi connectivity index (χ4v) is 1.22. The number of carbonyl (C=O) groups excluding carboxylic acids is 2. The predicted molar refractivity (Wildman–Crippen MR) is 66.3 cm³/mol. The Morgan fingerprint density at radius 1 is 1.17 bits per heavy atom. The van der Waals surface area contributed by atoms with Crippen LogP contribution in [0, 0.1) is 0 Å². The highest BCUT2D eigenvalue weighted by atomic mass is 35.5. The van der Waals surface area contributed by atoms with Crippen LogP contribution in [0.15, 0.2) is 24.3 Å². The van der Waals surface area contributed by atoms with Gasteiger partial charge in [0.2, 0.25) is 0 Å². The second-order valence-corrected chi connectivity index (χ2v) is 4.13. The van der Waals surface area contributed by atoms with E-state index in [0.717, 1.165) is 0 Å². The van der Waals surface area contributed by atoms with Gasteiger partial charge in [-0.2, -0.15) is 0 Å². The quantitative estimate of drug-likeness (QED) is 0.824.